The van der Waals surface area contributed by atoms with Crippen LogP contribution in [0.15, 0.2) is 84.6 Å². The Morgan fingerprint density at radius 2 is 1.58 bits per heavy atom. The number of nitrogens with one attached hydrogen (secondary N) is 1. The van der Waals surface area contributed by atoms with Gasteiger partial charge in [0.15, 0.2) is 0 Å². The van der Waals surface area contributed by atoms with E-state index in [0.29, 0.717) is 40.6 Å². The number of nitrogens with zero attached hydrogens (tertiary/aromatic N) is 1. The highest BCUT2D eigenvalue weighted by molar-refractivity contribution is 6.46. The first-order valence-electron chi connectivity index (χ1n) is 9.94. The Labute approximate surface area is 180 Å². The van der Waals surface area contributed by atoms with Gasteiger partial charge in [-0.15, -0.1) is 0 Å². The van der Waals surface area contributed by atoms with E-state index in [1.165, 1.54) is 4.90 Å². The lowest BCUT2D eigenvalue weighted by molar-refractivity contribution is -0.120. The normalized spacial score (nSPS) is 13.5. The van der Waals surface area contributed by atoms with Crippen LogP contribution < -0.4 is 19.7 Å². The van der Waals surface area contributed by atoms with Crippen molar-refractivity contribution >= 4 is 28.8 Å². The van der Waals surface area contributed by atoms with E-state index in [2.05, 4.69) is 5.32 Å². The summed E-state index contributed by atoms with van der Waals surface area (Å²) in [7, 11) is 1.54. The average molecular weight is 414 g/mol. The summed E-state index contributed by atoms with van der Waals surface area (Å²) in [5, 5.41) is 3.15. The number of imide groups is 1. The van der Waals surface area contributed by atoms with Gasteiger partial charge in [0.1, 0.15) is 17.2 Å². The first-order chi connectivity index (χ1) is 15.1. The fourth-order valence-corrected chi connectivity index (χ4v) is 3.48. The van der Waals surface area contributed by atoms with Crippen LogP contribution in [0, 0.1) is 0 Å². The lowest BCUT2D eigenvalue weighted by atomic mass is 10.0. The Hall–Kier alpha value is -4.06. The summed E-state index contributed by atoms with van der Waals surface area (Å²) in [6.07, 6.45) is 0. The number of methoxy groups -OCH3 is 1. The van der Waals surface area contributed by atoms with E-state index in [-0.39, 0.29) is 5.70 Å². The van der Waals surface area contributed by atoms with E-state index in [9.17, 15) is 9.59 Å². The van der Waals surface area contributed by atoms with Crippen LogP contribution in [0.2, 0.25) is 0 Å². The molecule has 6 heteroatoms. The van der Waals surface area contributed by atoms with Crippen LogP contribution in [0.25, 0.3) is 5.57 Å². The van der Waals surface area contributed by atoms with Gasteiger partial charge in [-0.3, -0.25) is 9.59 Å². The van der Waals surface area contributed by atoms with Crippen LogP contribution in [-0.4, -0.2) is 25.5 Å². The number of anilines is 2. The van der Waals surface area contributed by atoms with Crippen LogP contribution in [0.1, 0.15) is 12.5 Å². The third-order valence-electron chi connectivity index (χ3n) is 4.87. The molecule has 6 nitrogen and oxygen atoms in total. The van der Waals surface area contributed by atoms with Crippen LogP contribution in [0.5, 0.6) is 11.5 Å². The quantitative estimate of drug-likeness (QED) is 0.577. The van der Waals surface area contributed by atoms with Crippen molar-refractivity contribution in [1.29, 1.82) is 0 Å². The van der Waals surface area contributed by atoms with Crippen molar-refractivity contribution in [3.8, 4) is 11.5 Å². The van der Waals surface area contributed by atoms with Gasteiger partial charge in [-0.05, 0) is 36.8 Å². The molecule has 31 heavy (non-hydrogen) atoms. The molecule has 1 aliphatic heterocycles. The summed E-state index contributed by atoms with van der Waals surface area (Å²) in [4.78, 5) is 28.0. The molecule has 4 rings (SSSR count). The maximum atomic E-state index is 13.4. The first kappa shape index (κ1) is 20.2. The maximum absolute atomic E-state index is 13.4. The number of hydrogen-bond acceptors (Lipinski definition) is 5. The Kier molecular flexibility index (Phi) is 5.71. The Bertz CT molecular complexity index is 1150. The minimum Gasteiger partial charge on any atom is -0.497 e. The molecule has 1 aliphatic rings. The Morgan fingerprint density at radius 3 is 2.32 bits per heavy atom. The average Bonchev–Trinajstić information content (AvgIpc) is 3.04. The zero-order valence-corrected chi connectivity index (χ0v) is 17.3. The number of carbonyl (C=O) groups excluding carboxylic acids is 2. The van der Waals surface area contributed by atoms with Gasteiger partial charge in [-0.2, -0.15) is 0 Å². The molecule has 1 N–H and O–H groups in total. The van der Waals surface area contributed by atoms with E-state index in [1.54, 1.807) is 37.4 Å². The van der Waals surface area contributed by atoms with Gasteiger partial charge in [0.25, 0.3) is 11.8 Å². The molecule has 3 aromatic rings. The topological polar surface area (TPSA) is 67.9 Å². The standard InChI is InChI=1S/C25H22N2O4/c1-3-31-21-14-7-11-18(15-21)26-23-22(17-9-5-4-6-10-17)24(28)27(25(23)29)19-12-8-13-20(16-19)30-2/h4-16,26H,3H2,1-2H3. The number of benzene rings is 3. The summed E-state index contributed by atoms with van der Waals surface area (Å²) in [5.41, 5.74) is 2.29. The van der Waals surface area contributed by atoms with Crippen molar-refractivity contribution in [2.75, 3.05) is 23.9 Å². The van der Waals surface area contributed by atoms with E-state index >= 15 is 0 Å². The molecule has 0 saturated heterocycles. The monoisotopic (exact) mass is 414 g/mol. The third-order valence-corrected chi connectivity index (χ3v) is 4.87. The van der Waals surface area contributed by atoms with Gasteiger partial charge >= 0.3 is 0 Å². The minimum atomic E-state index is -0.432. The molecule has 0 saturated carbocycles. The summed E-state index contributed by atoms with van der Waals surface area (Å²) in [6.45, 7) is 2.43. The van der Waals surface area contributed by atoms with E-state index in [0.717, 1.165) is 0 Å². The molecule has 0 atom stereocenters. The van der Waals surface area contributed by atoms with Crippen LogP contribution in [-0.2, 0) is 9.59 Å². The largest absolute Gasteiger partial charge is 0.497 e. The molecule has 0 spiro atoms. The molecule has 0 unspecified atom stereocenters. The molecule has 0 aromatic heterocycles. The fraction of sp³-hybridized carbons (Fsp3) is 0.120. The van der Waals surface area contributed by atoms with Crippen molar-refractivity contribution in [1.82, 2.24) is 0 Å². The van der Waals surface area contributed by atoms with Crippen molar-refractivity contribution in [2.24, 2.45) is 0 Å². The molecule has 0 fully saturated rings. The highest BCUT2D eigenvalue weighted by atomic mass is 16.5. The molecular formula is C25H22N2O4. The predicted octanol–water partition coefficient (Wildman–Crippen LogP) is 4.49. The molecule has 0 aliphatic carbocycles. The van der Waals surface area contributed by atoms with Crippen LogP contribution in [0.4, 0.5) is 11.4 Å². The van der Waals surface area contributed by atoms with E-state index in [1.807, 2.05) is 55.5 Å². The second kappa shape index (κ2) is 8.75. The predicted molar refractivity (Wildman–Crippen MR) is 120 cm³/mol. The summed E-state index contributed by atoms with van der Waals surface area (Å²) in [5.74, 6) is 0.410. The summed E-state index contributed by atoms with van der Waals surface area (Å²) in [6, 6.07) is 23.3. The molecule has 1 heterocycles. The zero-order chi connectivity index (χ0) is 21.8. The second-order valence-electron chi connectivity index (χ2n) is 6.85. The van der Waals surface area contributed by atoms with E-state index in [4.69, 9.17) is 9.47 Å². The van der Waals surface area contributed by atoms with Gasteiger partial charge in [0.05, 0.1) is 25.0 Å². The summed E-state index contributed by atoms with van der Waals surface area (Å²) >= 11 is 0. The molecule has 3 aromatic carbocycles. The lowest BCUT2D eigenvalue weighted by Crippen LogP contribution is -2.32. The van der Waals surface area contributed by atoms with Crippen LogP contribution >= 0.6 is 0 Å². The molecule has 156 valence electrons. The van der Waals surface area contributed by atoms with Crippen molar-refractivity contribution < 1.29 is 19.1 Å². The van der Waals surface area contributed by atoms with Gasteiger partial charge < -0.3 is 14.8 Å². The number of ether oxygens (including phenoxy) is 2. The van der Waals surface area contributed by atoms with Crippen molar-refractivity contribution in [3.63, 3.8) is 0 Å². The minimum absolute atomic E-state index is 0.215. The smallest absolute Gasteiger partial charge is 0.282 e. The third kappa shape index (κ3) is 4.00. The maximum Gasteiger partial charge on any atom is 0.282 e. The van der Waals surface area contributed by atoms with Crippen molar-refractivity contribution in [2.45, 2.75) is 6.92 Å². The zero-order valence-electron chi connectivity index (χ0n) is 17.3. The van der Waals surface area contributed by atoms with Gasteiger partial charge in [-0.1, -0.05) is 42.5 Å². The van der Waals surface area contributed by atoms with Crippen LogP contribution in [0.3, 0.4) is 0 Å². The molecular weight excluding hydrogens is 392 g/mol. The Balaban J connectivity index is 1.78. The second-order valence-corrected chi connectivity index (χ2v) is 6.85. The van der Waals surface area contributed by atoms with Gasteiger partial charge in [-0.25, -0.2) is 4.90 Å². The molecule has 2 amide bonds. The van der Waals surface area contributed by atoms with Gasteiger partial charge in [0.2, 0.25) is 0 Å². The molecule has 0 radical (unpaired) electrons. The SMILES string of the molecule is CCOc1cccc(NC2=C(c3ccccc3)C(=O)N(c3cccc(OC)c3)C2=O)c1. The number of hydrogen-bond donors (Lipinski definition) is 1. The number of amides is 2. The molecule has 0 bridgehead atoms. The Morgan fingerprint density at radius 1 is 0.839 bits per heavy atom. The lowest BCUT2D eigenvalue weighted by Gasteiger charge is -2.16. The fourth-order valence-electron chi connectivity index (χ4n) is 3.48. The van der Waals surface area contributed by atoms with Gasteiger partial charge in [0, 0.05) is 17.8 Å². The number of carbonyl (C=O) groups is 2. The first-order valence-corrected chi connectivity index (χ1v) is 9.94. The van der Waals surface area contributed by atoms with Crippen molar-refractivity contribution in [3.05, 3.63) is 90.1 Å². The van der Waals surface area contributed by atoms with E-state index < -0.39 is 11.8 Å². The number of rotatable bonds is 7. The highest BCUT2D eigenvalue weighted by Crippen LogP contribution is 2.35. The summed E-state index contributed by atoms with van der Waals surface area (Å²) < 4.78 is 10.8. The highest BCUT2D eigenvalue weighted by Gasteiger charge is 2.40.